The second-order valence-electron chi connectivity index (χ2n) is 6.51. The van der Waals surface area contributed by atoms with E-state index in [9.17, 15) is 26.3 Å². The molecule has 3 nitrogen and oxygen atoms in total. The van der Waals surface area contributed by atoms with Crippen molar-refractivity contribution in [3.8, 4) is 0 Å². The van der Waals surface area contributed by atoms with Crippen LogP contribution >= 0.6 is 0 Å². The van der Waals surface area contributed by atoms with E-state index < -0.39 is 21.7 Å². The molecule has 0 aromatic carbocycles. The molecule has 0 saturated heterocycles. The standard InChI is InChI=1S/C15H30N2.C2HF6NS/c1-4-5-6-7-8-9-10-11-12-17-14-13-16(3)15(17)2;3-1(4,5)10(9)2(6,7)8/h13-15H,4-12H2,1-3H3;9H. The van der Waals surface area contributed by atoms with Gasteiger partial charge in [-0.2, -0.15) is 26.3 Å². The van der Waals surface area contributed by atoms with Gasteiger partial charge in [-0.25, -0.2) is 0 Å². The molecule has 0 aromatic rings. The number of nitrogens with one attached hydrogen (secondary N) is 1. The summed E-state index contributed by atoms with van der Waals surface area (Å²) < 4.78 is 72.0. The molecule has 0 aliphatic carbocycles. The maximum Gasteiger partial charge on any atom is 0.460 e. The average molecular weight is 424 g/mol. The molecule has 1 unspecified atom stereocenters. The number of unbranched alkanes of at least 4 members (excludes halogenated alkanes) is 7. The van der Waals surface area contributed by atoms with Gasteiger partial charge in [-0.1, -0.05) is 51.9 Å². The molecular formula is C17H31F6N3S. The quantitative estimate of drug-likeness (QED) is 0.335. The van der Waals surface area contributed by atoms with Crippen molar-refractivity contribution in [3.63, 3.8) is 0 Å². The Labute approximate surface area is 160 Å². The monoisotopic (exact) mass is 423 g/mol. The van der Waals surface area contributed by atoms with E-state index in [0.29, 0.717) is 6.17 Å². The van der Waals surface area contributed by atoms with Gasteiger partial charge in [0.25, 0.3) is 0 Å². The fourth-order valence-corrected chi connectivity index (χ4v) is 2.76. The van der Waals surface area contributed by atoms with Crippen LogP contribution in [0.15, 0.2) is 12.4 Å². The Bertz CT molecular complexity index is 435. The lowest BCUT2D eigenvalue weighted by atomic mass is 10.1. The summed E-state index contributed by atoms with van der Waals surface area (Å²) in [5, 5.41) is 0. The van der Waals surface area contributed by atoms with Crippen molar-refractivity contribution in [3.05, 3.63) is 12.4 Å². The minimum Gasteiger partial charge on any atom is -0.359 e. The van der Waals surface area contributed by atoms with Crippen LogP contribution in [0.4, 0.5) is 26.3 Å². The van der Waals surface area contributed by atoms with Crippen LogP contribution in [0.5, 0.6) is 0 Å². The zero-order valence-electron chi connectivity index (χ0n) is 16.2. The minimum atomic E-state index is -5.49. The maximum atomic E-state index is 11.0. The Morgan fingerprint density at radius 1 is 0.852 bits per heavy atom. The lowest BCUT2D eigenvalue weighted by Gasteiger charge is -2.26. The molecule has 1 atom stereocenters. The summed E-state index contributed by atoms with van der Waals surface area (Å²) in [5.74, 6) is 0. The molecule has 1 heterocycles. The minimum absolute atomic E-state index is 0.555. The van der Waals surface area contributed by atoms with Gasteiger partial charge in [0.1, 0.15) is 10.7 Å². The van der Waals surface area contributed by atoms with Gasteiger partial charge in [-0.3, -0.25) is 4.78 Å². The number of halogens is 6. The van der Waals surface area contributed by atoms with Crippen LogP contribution in [-0.2, 0) is 10.7 Å². The molecule has 27 heavy (non-hydrogen) atoms. The van der Waals surface area contributed by atoms with E-state index >= 15 is 0 Å². The van der Waals surface area contributed by atoms with Crippen molar-refractivity contribution in [1.29, 1.82) is 4.78 Å². The summed E-state index contributed by atoms with van der Waals surface area (Å²) in [6.45, 7) is 5.77. The highest BCUT2D eigenvalue weighted by atomic mass is 32.2. The van der Waals surface area contributed by atoms with Crippen LogP contribution in [0, 0.1) is 4.78 Å². The van der Waals surface area contributed by atoms with Crippen LogP contribution in [0.1, 0.15) is 65.2 Å². The summed E-state index contributed by atoms with van der Waals surface area (Å²) in [6.07, 6.45) is 16.2. The fraction of sp³-hybridized carbons (Fsp3) is 0.882. The lowest BCUT2D eigenvalue weighted by molar-refractivity contribution is -0.0754. The molecule has 1 rings (SSSR count). The Kier molecular flexibility index (Phi) is 12.1. The molecule has 10 heteroatoms. The van der Waals surface area contributed by atoms with Gasteiger partial charge >= 0.3 is 11.0 Å². The van der Waals surface area contributed by atoms with Crippen molar-refractivity contribution in [1.82, 2.24) is 9.80 Å². The zero-order valence-corrected chi connectivity index (χ0v) is 17.0. The number of rotatable bonds is 9. The zero-order chi connectivity index (χ0) is 21.1. The third-order valence-corrected chi connectivity index (χ3v) is 5.22. The van der Waals surface area contributed by atoms with Crippen LogP contribution in [0.25, 0.3) is 0 Å². The van der Waals surface area contributed by atoms with E-state index in [4.69, 9.17) is 4.78 Å². The van der Waals surface area contributed by atoms with E-state index in [2.05, 4.69) is 43.1 Å². The van der Waals surface area contributed by atoms with Gasteiger partial charge in [0.2, 0.25) is 0 Å². The van der Waals surface area contributed by atoms with E-state index in [1.165, 1.54) is 57.9 Å². The Balaban J connectivity index is 0.000000580. The molecule has 0 spiro atoms. The van der Waals surface area contributed by atoms with Crippen molar-refractivity contribution in [2.45, 2.75) is 82.4 Å². The largest absolute Gasteiger partial charge is 0.460 e. The topological polar surface area (TPSA) is 30.3 Å². The van der Waals surface area contributed by atoms with Crippen LogP contribution < -0.4 is 0 Å². The molecule has 0 radical (unpaired) electrons. The highest BCUT2D eigenvalue weighted by molar-refractivity contribution is 7.87. The van der Waals surface area contributed by atoms with Gasteiger partial charge < -0.3 is 9.80 Å². The van der Waals surface area contributed by atoms with Gasteiger partial charge in [-0.15, -0.1) is 0 Å². The van der Waals surface area contributed by atoms with Crippen LogP contribution in [0.3, 0.4) is 0 Å². The van der Waals surface area contributed by atoms with Gasteiger partial charge in [-0.05, 0) is 13.3 Å². The van der Waals surface area contributed by atoms with Crippen molar-refractivity contribution in [2.24, 2.45) is 0 Å². The highest BCUT2D eigenvalue weighted by Crippen LogP contribution is 2.33. The predicted molar refractivity (Wildman–Crippen MR) is 97.9 cm³/mol. The highest BCUT2D eigenvalue weighted by Gasteiger charge is 2.50. The number of nitrogens with zero attached hydrogens (tertiary/aromatic N) is 2. The summed E-state index contributed by atoms with van der Waals surface area (Å²) >= 11 is 0. The first-order valence-corrected chi connectivity index (χ1v) is 10.4. The summed E-state index contributed by atoms with van der Waals surface area (Å²) in [7, 11) is -2.11. The molecule has 0 bridgehead atoms. The smallest absolute Gasteiger partial charge is 0.359 e. The maximum absolute atomic E-state index is 11.0. The third kappa shape index (κ3) is 11.5. The Morgan fingerprint density at radius 3 is 1.63 bits per heavy atom. The molecular weight excluding hydrogens is 392 g/mol. The Morgan fingerprint density at radius 2 is 1.30 bits per heavy atom. The normalized spacial score (nSPS) is 17.5. The lowest BCUT2D eigenvalue weighted by Crippen LogP contribution is -2.34. The van der Waals surface area contributed by atoms with Gasteiger partial charge in [0.05, 0.1) is 6.17 Å². The molecule has 1 aliphatic rings. The van der Waals surface area contributed by atoms with E-state index in [1.54, 1.807) is 0 Å². The summed E-state index contributed by atoms with van der Waals surface area (Å²) in [6, 6.07) is 0. The van der Waals surface area contributed by atoms with E-state index in [1.807, 2.05) is 0 Å². The first-order chi connectivity index (χ1) is 12.4. The SMILES string of the molecule is CCCCCCCCCCN1C=CN(C)C1C.N=S(C(F)(F)F)C(F)(F)F. The second-order valence-corrected chi connectivity index (χ2v) is 8.04. The second kappa shape index (κ2) is 12.5. The number of hydrogen-bond acceptors (Lipinski definition) is 3. The van der Waals surface area contributed by atoms with Crippen LogP contribution in [0.2, 0.25) is 0 Å². The molecule has 1 N–H and O–H groups in total. The first kappa shape index (κ1) is 26.1. The molecule has 0 amide bonds. The first-order valence-electron chi connectivity index (χ1n) is 9.16. The van der Waals surface area contributed by atoms with Crippen LogP contribution in [-0.4, -0.2) is 40.6 Å². The number of hydrogen-bond donors (Lipinski definition) is 1. The molecule has 0 saturated carbocycles. The van der Waals surface area contributed by atoms with Gasteiger partial charge in [0, 0.05) is 26.0 Å². The fourth-order valence-electron chi connectivity index (χ4n) is 2.49. The van der Waals surface area contributed by atoms with Crippen molar-refractivity contribution >= 4 is 10.7 Å². The molecule has 0 aromatic heterocycles. The predicted octanol–water partition coefficient (Wildman–Crippen LogP) is 6.60. The van der Waals surface area contributed by atoms with Gasteiger partial charge in [0.15, 0.2) is 0 Å². The Hall–Kier alpha value is -0.930. The van der Waals surface area contributed by atoms with Crippen molar-refractivity contribution < 1.29 is 26.3 Å². The molecule has 1 aliphatic heterocycles. The van der Waals surface area contributed by atoms with E-state index in [-0.39, 0.29) is 0 Å². The van der Waals surface area contributed by atoms with E-state index in [0.717, 1.165) is 0 Å². The summed E-state index contributed by atoms with van der Waals surface area (Å²) in [4.78, 5) is 4.71. The molecule has 162 valence electrons. The number of alkyl halides is 6. The average Bonchev–Trinajstić information content (AvgIpc) is 2.87. The summed E-state index contributed by atoms with van der Waals surface area (Å²) in [5.41, 5.74) is -11.0. The third-order valence-electron chi connectivity index (χ3n) is 4.30. The van der Waals surface area contributed by atoms with Crippen molar-refractivity contribution in [2.75, 3.05) is 13.6 Å². The molecule has 0 fully saturated rings.